The molecule has 2 heterocycles. The molecular weight excluding hydrogens is 488 g/mol. The lowest BCUT2D eigenvalue weighted by molar-refractivity contribution is -0.137. The van der Waals surface area contributed by atoms with E-state index in [0.717, 1.165) is 22.9 Å². The van der Waals surface area contributed by atoms with Crippen molar-refractivity contribution in [1.29, 1.82) is 0 Å². The fraction of sp³-hybridized carbons (Fsp3) is 0.333. The SMILES string of the molecule is Cc1cc(C(=O)N[C@@H]2CNCC[C@H]2c2ccc(Cl)c(C(F)(F)F)c2)ccc1-c1c(Cl)cnn1C. The number of aryl methyl sites for hydroxylation is 2. The van der Waals surface area contributed by atoms with Crippen LogP contribution in [-0.4, -0.2) is 34.8 Å². The molecule has 10 heteroatoms. The summed E-state index contributed by atoms with van der Waals surface area (Å²) in [5, 5.41) is 10.5. The van der Waals surface area contributed by atoms with Crippen molar-refractivity contribution >= 4 is 29.1 Å². The molecule has 1 aromatic heterocycles. The number of nitrogens with zero attached hydrogens (tertiary/aromatic N) is 2. The number of aromatic nitrogens is 2. The van der Waals surface area contributed by atoms with Crippen LogP contribution in [0.15, 0.2) is 42.6 Å². The predicted octanol–water partition coefficient (Wildman–Crippen LogP) is 5.60. The molecule has 2 atom stereocenters. The van der Waals surface area contributed by atoms with E-state index >= 15 is 0 Å². The number of piperidine rings is 1. The third kappa shape index (κ3) is 4.94. The Labute approximate surface area is 205 Å². The van der Waals surface area contributed by atoms with Crippen LogP contribution in [0, 0.1) is 6.92 Å². The number of carbonyl (C=O) groups excluding carboxylic acids is 1. The molecule has 4 rings (SSSR count). The molecule has 34 heavy (non-hydrogen) atoms. The van der Waals surface area contributed by atoms with Crippen LogP contribution < -0.4 is 10.6 Å². The highest BCUT2D eigenvalue weighted by Crippen LogP contribution is 2.38. The molecule has 0 radical (unpaired) electrons. The Morgan fingerprint density at radius 2 is 1.94 bits per heavy atom. The van der Waals surface area contributed by atoms with Crippen LogP contribution in [0.1, 0.15) is 39.4 Å². The van der Waals surface area contributed by atoms with Gasteiger partial charge in [-0.25, -0.2) is 0 Å². The van der Waals surface area contributed by atoms with Crippen molar-refractivity contribution in [2.75, 3.05) is 13.1 Å². The topological polar surface area (TPSA) is 59.0 Å². The summed E-state index contributed by atoms with van der Waals surface area (Å²) >= 11 is 12.0. The van der Waals surface area contributed by atoms with Gasteiger partial charge in [0.2, 0.25) is 0 Å². The minimum atomic E-state index is -4.55. The highest BCUT2D eigenvalue weighted by molar-refractivity contribution is 6.33. The van der Waals surface area contributed by atoms with Gasteiger partial charge in [-0.2, -0.15) is 18.3 Å². The summed E-state index contributed by atoms with van der Waals surface area (Å²) in [5.41, 5.74) is 2.56. The molecular formula is C24H23Cl2F3N4O. The first-order valence-electron chi connectivity index (χ1n) is 10.7. The maximum Gasteiger partial charge on any atom is 0.417 e. The van der Waals surface area contributed by atoms with Gasteiger partial charge in [-0.3, -0.25) is 9.48 Å². The van der Waals surface area contributed by atoms with Crippen LogP contribution in [0.4, 0.5) is 13.2 Å². The third-order valence-electron chi connectivity index (χ3n) is 6.16. The van der Waals surface area contributed by atoms with Gasteiger partial charge in [0.25, 0.3) is 5.91 Å². The van der Waals surface area contributed by atoms with Gasteiger partial charge >= 0.3 is 6.18 Å². The lowest BCUT2D eigenvalue weighted by atomic mass is 9.85. The van der Waals surface area contributed by atoms with Gasteiger partial charge in [-0.15, -0.1) is 0 Å². The van der Waals surface area contributed by atoms with Crippen molar-refractivity contribution in [1.82, 2.24) is 20.4 Å². The summed E-state index contributed by atoms with van der Waals surface area (Å²) in [6.07, 6.45) is -2.40. The maximum atomic E-state index is 13.4. The van der Waals surface area contributed by atoms with Gasteiger partial charge in [-0.1, -0.05) is 35.3 Å². The van der Waals surface area contributed by atoms with Crippen LogP contribution in [-0.2, 0) is 13.2 Å². The number of halogens is 5. The summed E-state index contributed by atoms with van der Waals surface area (Å²) in [6.45, 7) is 2.97. The standard InChI is InChI=1S/C24H23Cl2F3N4O/c1-13-9-15(3-5-16(13)22-20(26)11-31-33(22)2)23(34)32-21-12-30-8-7-17(21)14-4-6-19(25)18(10-14)24(27,28)29/h3-6,9-11,17,21,30H,7-8,12H2,1-2H3,(H,32,34)/t17-,21+/m0/s1. The van der Waals surface area contributed by atoms with Gasteiger partial charge in [0.1, 0.15) is 0 Å². The van der Waals surface area contributed by atoms with Gasteiger partial charge in [0, 0.05) is 36.7 Å². The molecule has 1 amide bonds. The molecule has 0 saturated carbocycles. The van der Waals surface area contributed by atoms with E-state index < -0.39 is 11.7 Å². The van der Waals surface area contributed by atoms with E-state index in [2.05, 4.69) is 15.7 Å². The Morgan fingerprint density at radius 1 is 1.18 bits per heavy atom. The molecule has 3 aromatic rings. The Morgan fingerprint density at radius 3 is 2.59 bits per heavy atom. The van der Waals surface area contributed by atoms with Gasteiger partial charge in [0.05, 0.1) is 27.5 Å². The fourth-order valence-electron chi connectivity index (χ4n) is 4.44. The van der Waals surface area contributed by atoms with E-state index in [1.54, 1.807) is 36.1 Å². The number of alkyl halides is 3. The second-order valence-corrected chi connectivity index (χ2v) is 9.23. The highest BCUT2D eigenvalue weighted by Gasteiger charge is 2.35. The second kappa shape index (κ2) is 9.60. The number of hydrogen-bond acceptors (Lipinski definition) is 3. The molecule has 2 N–H and O–H groups in total. The molecule has 0 aliphatic carbocycles. The van der Waals surface area contributed by atoms with Crippen molar-refractivity contribution in [3.8, 4) is 11.3 Å². The van der Waals surface area contributed by atoms with E-state index in [1.165, 1.54) is 6.07 Å². The van der Waals surface area contributed by atoms with Crippen LogP contribution in [0.5, 0.6) is 0 Å². The Hall–Kier alpha value is -2.55. The maximum absolute atomic E-state index is 13.4. The van der Waals surface area contributed by atoms with Crippen LogP contribution in [0.3, 0.4) is 0 Å². The summed E-state index contributed by atoms with van der Waals surface area (Å²) in [7, 11) is 1.79. The second-order valence-electron chi connectivity index (χ2n) is 8.41. The number of nitrogens with one attached hydrogen (secondary N) is 2. The van der Waals surface area contributed by atoms with Crippen molar-refractivity contribution in [3.05, 3.63) is 74.9 Å². The molecule has 1 aliphatic heterocycles. The van der Waals surface area contributed by atoms with Gasteiger partial charge < -0.3 is 10.6 Å². The zero-order chi connectivity index (χ0) is 24.6. The molecule has 0 bridgehead atoms. The zero-order valence-electron chi connectivity index (χ0n) is 18.5. The monoisotopic (exact) mass is 510 g/mol. The summed E-state index contributed by atoms with van der Waals surface area (Å²) in [5.74, 6) is -0.577. The minimum Gasteiger partial charge on any atom is -0.347 e. The van der Waals surface area contributed by atoms with Crippen molar-refractivity contribution < 1.29 is 18.0 Å². The Balaban J connectivity index is 1.57. The van der Waals surface area contributed by atoms with E-state index in [-0.39, 0.29) is 22.9 Å². The Kier molecular flexibility index (Phi) is 6.94. The quantitative estimate of drug-likeness (QED) is 0.480. The van der Waals surface area contributed by atoms with E-state index in [9.17, 15) is 18.0 Å². The van der Waals surface area contributed by atoms with Gasteiger partial charge in [-0.05, 0) is 55.3 Å². The first-order valence-corrected chi connectivity index (χ1v) is 11.5. The number of benzene rings is 2. The predicted molar refractivity (Wildman–Crippen MR) is 126 cm³/mol. The molecule has 180 valence electrons. The van der Waals surface area contributed by atoms with E-state index in [0.29, 0.717) is 35.7 Å². The number of rotatable bonds is 4. The number of carbonyl (C=O) groups is 1. The molecule has 5 nitrogen and oxygen atoms in total. The molecule has 1 aliphatic rings. The van der Waals surface area contributed by atoms with Crippen molar-refractivity contribution in [2.24, 2.45) is 7.05 Å². The van der Waals surface area contributed by atoms with Crippen molar-refractivity contribution in [3.63, 3.8) is 0 Å². The number of hydrogen-bond donors (Lipinski definition) is 2. The van der Waals surface area contributed by atoms with Crippen molar-refractivity contribution in [2.45, 2.75) is 31.5 Å². The average Bonchev–Trinajstić information content (AvgIpc) is 3.11. The first-order chi connectivity index (χ1) is 16.1. The fourth-order valence-corrected chi connectivity index (χ4v) is 4.93. The summed E-state index contributed by atoms with van der Waals surface area (Å²) in [4.78, 5) is 13.1. The lowest BCUT2D eigenvalue weighted by Crippen LogP contribution is -2.50. The minimum absolute atomic E-state index is 0.280. The van der Waals surface area contributed by atoms with E-state index in [1.807, 2.05) is 13.0 Å². The van der Waals surface area contributed by atoms with Crippen LogP contribution >= 0.6 is 23.2 Å². The number of amides is 1. The molecule has 0 spiro atoms. The zero-order valence-corrected chi connectivity index (χ0v) is 20.0. The third-order valence-corrected chi connectivity index (χ3v) is 6.77. The van der Waals surface area contributed by atoms with Gasteiger partial charge in [0.15, 0.2) is 0 Å². The molecule has 2 aromatic carbocycles. The average molecular weight is 511 g/mol. The summed E-state index contributed by atoms with van der Waals surface area (Å²) < 4.78 is 41.8. The van der Waals surface area contributed by atoms with Crippen LogP contribution in [0.25, 0.3) is 11.3 Å². The molecule has 0 unspecified atom stereocenters. The smallest absolute Gasteiger partial charge is 0.347 e. The normalized spacial score (nSPS) is 18.7. The lowest BCUT2D eigenvalue weighted by Gasteiger charge is -2.33. The molecule has 1 saturated heterocycles. The Bertz CT molecular complexity index is 1210. The largest absolute Gasteiger partial charge is 0.417 e. The van der Waals surface area contributed by atoms with E-state index in [4.69, 9.17) is 23.2 Å². The molecule has 1 fully saturated rings. The summed E-state index contributed by atoms with van der Waals surface area (Å²) in [6, 6.07) is 8.87. The first kappa shape index (κ1) is 24.6. The van der Waals surface area contributed by atoms with Crippen LogP contribution in [0.2, 0.25) is 10.0 Å². The highest BCUT2D eigenvalue weighted by atomic mass is 35.5.